The molecule has 0 bridgehead atoms. The Balaban J connectivity index is 5.91. The predicted molar refractivity (Wildman–Crippen MR) is 51.8 cm³/mol. The molecule has 0 spiro atoms. The van der Waals surface area contributed by atoms with E-state index in [1.165, 1.54) is 0 Å². The van der Waals surface area contributed by atoms with E-state index in [9.17, 15) is 53.1 Å². The Kier molecular flexibility index (Phi) is 5.89. The third kappa shape index (κ3) is 4.24. The average Bonchev–Trinajstić information content (AvgIpc) is 2.31. The number of carbonyl (C=O) groups is 1. The second kappa shape index (κ2) is 6.33. The maximum absolute atomic E-state index is 13.5. The van der Waals surface area contributed by atoms with Gasteiger partial charge in [-0.1, -0.05) is 5.16 Å². The van der Waals surface area contributed by atoms with Gasteiger partial charge in [-0.25, -0.2) is 4.79 Å². The molecule has 0 unspecified atom stereocenters. The van der Waals surface area contributed by atoms with Crippen LogP contribution < -0.4 is 0 Å². The molecule has 0 rings (SSSR count). The zero-order chi connectivity index (χ0) is 19.8. The molecule has 0 amide bonds. The van der Waals surface area contributed by atoms with E-state index in [0.29, 0.717) is 0 Å². The summed E-state index contributed by atoms with van der Waals surface area (Å²) in [5.74, 6) is -17.1. The third-order valence-corrected chi connectivity index (χ3v) is 1.93. The lowest BCUT2D eigenvalue weighted by molar-refractivity contribution is -0.475. The summed E-state index contributed by atoms with van der Waals surface area (Å²) >= 11 is 0. The second-order valence-corrected chi connectivity index (χ2v) is 4.20. The van der Waals surface area contributed by atoms with Gasteiger partial charge in [0.2, 0.25) is 0 Å². The van der Waals surface area contributed by atoms with Crippen molar-refractivity contribution in [2.45, 2.75) is 44.1 Å². The smallest absolute Gasteiger partial charge is 0.311 e. The summed E-state index contributed by atoms with van der Waals surface area (Å²) in [6.07, 6.45) is -21.0. The predicted octanol–water partition coefficient (Wildman–Crippen LogP) is 3.96. The second-order valence-electron chi connectivity index (χ2n) is 4.20. The number of carbonyl (C=O) groups excluding carboxylic acids is 1. The van der Waals surface area contributed by atoms with Gasteiger partial charge in [0, 0.05) is 0 Å². The first kappa shape index (κ1) is 22.3. The molecule has 15 heteroatoms. The highest BCUT2D eigenvalue weighted by molar-refractivity contribution is 5.82. The molecular formula is C9H6F11NO3. The van der Waals surface area contributed by atoms with Crippen LogP contribution in [0.2, 0.25) is 0 Å². The molecule has 142 valence electrons. The van der Waals surface area contributed by atoms with E-state index >= 15 is 0 Å². The zero-order valence-electron chi connectivity index (χ0n) is 11.3. The number of halogens is 11. The van der Waals surface area contributed by atoms with Gasteiger partial charge in [0.1, 0.15) is 0 Å². The fourth-order valence-electron chi connectivity index (χ4n) is 0.812. The molecule has 24 heavy (non-hydrogen) atoms. The molecule has 0 aromatic rings. The molecule has 0 saturated carbocycles. The summed E-state index contributed by atoms with van der Waals surface area (Å²) in [5, 5.41) is 2.44. The minimum absolute atomic E-state index is 0.361. The van der Waals surface area contributed by atoms with Crippen LogP contribution in [-0.2, 0) is 14.4 Å². The zero-order valence-corrected chi connectivity index (χ0v) is 11.3. The fourth-order valence-corrected chi connectivity index (χ4v) is 0.812. The molecule has 0 fully saturated rings. The number of alkyl halides is 11. The van der Waals surface area contributed by atoms with Gasteiger partial charge in [-0.3, -0.25) is 4.74 Å². The number of oxime groups is 1. The van der Waals surface area contributed by atoms with Gasteiger partial charge < -0.3 is 4.84 Å². The Morgan fingerprint density at radius 1 is 0.792 bits per heavy atom. The Hall–Kier alpha value is -1.67. The topological polar surface area (TPSA) is 47.9 Å². The first-order chi connectivity index (χ1) is 10.3. The highest BCUT2D eigenvalue weighted by Gasteiger charge is 2.80. The number of hydrogen-bond acceptors (Lipinski definition) is 4. The molecule has 0 heterocycles. The van der Waals surface area contributed by atoms with Crippen LogP contribution in [0.15, 0.2) is 5.16 Å². The Morgan fingerprint density at radius 3 is 1.50 bits per heavy atom. The van der Waals surface area contributed by atoms with Gasteiger partial charge in [0.15, 0.2) is 0 Å². The van der Waals surface area contributed by atoms with Crippen molar-refractivity contribution in [1.29, 1.82) is 0 Å². The average molecular weight is 385 g/mol. The van der Waals surface area contributed by atoms with E-state index in [1.54, 1.807) is 0 Å². The summed E-state index contributed by atoms with van der Waals surface area (Å²) in [4.78, 5) is 14.1. The van der Waals surface area contributed by atoms with Crippen molar-refractivity contribution in [1.82, 2.24) is 0 Å². The van der Waals surface area contributed by atoms with Gasteiger partial charge in [-0.05, 0) is 13.8 Å². The fraction of sp³-hybridized carbons (Fsp3) is 0.778. The van der Waals surface area contributed by atoms with E-state index in [4.69, 9.17) is 0 Å². The van der Waals surface area contributed by atoms with Crippen LogP contribution in [0.1, 0.15) is 13.8 Å². The molecule has 0 aromatic carbocycles. The van der Waals surface area contributed by atoms with Gasteiger partial charge in [0.25, 0.3) is 0 Å². The van der Waals surface area contributed by atoms with Crippen LogP contribution in [0.4, 0.5) is 48.3 Å². The van der Waals surface area contributed by atoms with Crippen molar-refractivity contribution in [3.05, 3.63) is 0 Å². The third-order valence-electron chi connectivity index (χ3n) is 1.93. The monoisotopic (exact) mass is 385 g/mol. The molecule has 4 nitrogen and oxygen atoms in total. The number of nitrogens with zero attached hydrogens (tertiary/aromatic N) is 1. The lowest BCUT2D eigenvalue weighted by atomic mass is 10.2. The SMILES string of the molecule is CC(C)=NOC(=O)[C@@](F)(OC(F)(F)C(F)(F)C(F)(F)F)C(F)(F)F. The van der Waals surface area contributed by atoms with Crippen molar-refractivity contribution in [3.8, 4) is 0 Å². The molecule has 0 aliphatic heterocycles. The largest absolute Gasteiger partial charge is 0.462 e. The Bertz CT molecular complexity index is 506. The highest BCUT2D eigenvalue weighted by atomic mass is 19.4. The molecule has 1 atom stereocenters. The quantitative estimate of drug-likeness (QED) is 0.312. The molecule has 0 N–H and O–H groups in total. The number of rotatable bonds is 5. The van der Waals surface area contributed by atoms with Crippen LogP contribution in [0, 0.1) is 0 Å². The lowest BCUT2D eigenvalue weighted by Gasteiger charge is -2.33. The molecule has 0 aromatic heterocycles. The molecule has 0 saturated heterocycles. The van der Waals surface area contributed by atoms with E-state index in [-0.39, 0.29) is 5.71 Å². The molecule has 0 aliphatic carbocycles. The van der Waals surface area contributed by atoms with E-state index in [1.807, 2.05) is 4.74 Å². The maximum atomic E-state index is 13.5. The van der Waals surface area contributed by atoms with Crippen molar-refractivity contribution < 1.29 is 62.7 Å². The van der Waals surface area contributed by atoms with Crippen molar-refractivity contribution >= 4 is 11.7 Å². The maximum Gasteiger partial charge on any atom is 0.462 e. The van der Waals surface area contributed by atoms with Crippen LogP contribution >= 0.6 is 0 Å². The summed E-state index contributed by atoms with van der Waals surface area (Å²) in [5.41, 5.74) is -0.361. The minimum Gasteiger partial charge on any atom is -0.311 e. The first-order valence-corrected chi connectivity index (χ1v) is 5.30. The highest BCUT2D eigenvalue weighted by Crippen LogP contribution is 2.51. The molecular weight excluding hydrogens is 379 g/mol. The van der Waals surface area contributed by atoms with Crippen molar-refractivity contribution in [2.75, 3.05) is 0 Å². The standard InChI is InChI=1S/C9H6F11NO3/c1-3(2)21-23-4(22)5(10,7(13,14)15)24-9(19,20)6(11,12)8(16,17)18/h1-2H3/t5-/m1/s1. The van der Waals surface area contributed by atoms with Crippen LogP contribution in [0.25, 0.3) is 0 Å². The molecule has 0 aliphatic rings. The van der Waals surface area contributed by atoms with E-state index in [0.717, 1.165) is 13.8 Å². The summed E-state index contributed by atoms with van der Waals surface area (Å²) < 4.78 is 139. The Labute approximate surface area is 125 Å². The van der Waals surface area contributed by atoms with Crippen LogP contribution in [0.5, 0.6) is 0 Å². The summed E-state index contributed by atoms with van der Waals surface area (Å²) in [6.45, 7) is 1.93. The van der Waals surface area contributed by atoms with Crippen molar-refractivity contribution in [3.63, 3.8) is 0 Å². The van der Waals surface area contributed by atoms with Crippen LogP contribution in [-0.4, -0.2) is 41.9 Å². The van der Waals surface area contributed by atoms with Crippen molar-refractivity contribution in [2.24, 2.45) is 5.16 Å². The van der Waals surface area contributed by atoms with Gasteiger partial charge in [0.05, 0.1) is 5.71 Å². The lowest BCUT2D eigenvalue weighted by Crippen LogP contribution is -2.61. The van der Waals surface area contributed by atoms with Gasteiger partial charge in [-0.15, -0.1) is 0 Å². The van der Waals surface area contributed by atoms with E-state index < -0.39 is 36.2 Å². The van der Waals surface area contributed by atoms with Crippen LogP contribution in [0.3, 0.4) is 0 Å². The minimum atomic E-state index is -7.26. The summed E-state index contributed by atoms with van der Waals surface area (Å²) in [7, 11) is 0. The number of hydrogen-bond donors (Lipinski definition) is 0. The van der Waals surface area contributed by atoms with Gasteiger partial charge in [-0.2, -0.15) is 48.3 Å². The van der Waals surface area contributed by atoms with Gasteiger partial charge >= 0.3 is 36.2 Å². The first-order valence-electron chi connectivity index (χ1n) is 5.30. The molecule has 0 radical (unpaired) electrons. The Morgan fingerprint density at radius 2 is 1.21 bits per heavy atom. The normalized spacial score (nSPS) is 16.4. The summed E-state index contributed by atoms with van der Waals surface area (Å²) in [6, 6.07) is 0. The van der Waals surface area contributed by atoms with E-state index in [2.05, 4.69) is 9.99 Å². The number of ether oxygens (including phenoxy) is 1.